The molecule has 1 heterocycles. The molecule has 1 aromatic rings. The third-order valence-electron chi connectivity index (χ3n) is 3.10. The van der Waals surface area contributed by atoms with Crippen LogP contribution in [0.3, 0.4) is 0 Å². The van der Waals surface area contributed by atoms with Gasteiger partial charge in [0.15, 0.2) is 4.34 Å². The maximum absolute atomic E-state index is 12.2. The Morgan fingerprint density at radius 1 is 1.53 bits per heavy atom. The lowest BCUT2D eigenvalue weighted by Crippen LogP contribution is -2.44. The smallest absolute Gasteiger partial charge is 0.258 e. The summed E-state index contributed by atoms with van der Waals surface area (Å²) in [7, 11) is -3.78. The molecule has 0 aromatic carbocycles. The number of hydrogen-bond donors (Lipinski definition) is 1. The Kier molecular flexibility index (Phi) is 3.63. The molecule has 19 heavy (non-hydrogen) atoms. The molecule has 2 rings (SSSR count). The highest BCUT2D eigenvalue weighted by Crippen LogP contribution is 2.41. The van der Waals surface area contributed by atoms with Gasteiger partial charge < -0.3 is 0 Å². The fourth-order valence-corrected chi connectivity index (χ4v) is 5.02. The van der Waals surface area contributed by atoms with Gasteiger partial charge in [0.25, 0.3) is 15.7 Å². The van der Waals surface area contributed by atoms with Crippen LogP contribution in [-0.4, -0.2) is 18.9 Å². The van der Waals surface area contributed by atoms with E-state index >= 15 is 0 Å². The average Bonchev–Trinajstić information content (AvgIpc) is 3.00. The molecule has 1 fully saturated rings. The largest absolute Gasteiger partial charge is 0.300 e. The van der Waals surface area contributed by atoms with Crippen LogP contribution < -0.4 is 4.72 Å². The minimum atomic E-state index is -3.78. The summed E-state index contributed by atoms with van der Waals surface area (Å²) in [5.74, 6) is 0.313. The van der Waals surface area contributed by atoms with Crippen molar-refractivity contribution in [2.45, 2.75) is 36.4 Å². The van der Waals surface area contributed by atoms with Gasteiger partial charge in [-0.2, -0.15) is 0 Å². The summed E-state index contributed by atoms with van der Waals surface area (Å²) in [5, 5.41) is 10.7. The van der Waals surface area contributed by atoms with Crippen molar-refractivity contribution in [2.75, 3.05) is 0 Å². The molecular weight excluding hydrogens is 312 g/mol. The fourth-order valence-electron chi connectivity index (χ4n) is 1.88. The molecule has 1 aliphatic carbocycles. The van der Waals surface area contributed by atoms with Crippen LogP contribution in [0.4, 0.5) is 5.69 Å². The van der Waals surface area contributed by atoms with Gasteiger partial charge in [-0.05, 0) is 32.6 Å². The van der Waals surface area contributed by atoms with Crippen LogP contribution in [0.25, 0.3) is 0 Å². The average molecular weight is 325 g/mol. The summed E-state index contributed by atoms with van der Waals surface area (Å²) in [5.41, 5.74) is -0.930. The quantitative estimate of drug-likeness (QED) is 0.666. The van der Waals surface area contributed by atoms with E-state index in [0.717, 1.165) is 18.9 Å². The van der Waals surface area contributed by atoms with E-state index in [9.17, 15) is 18.5 Å². The molecule has 0 aliphatic heterocycles. The molecule has 0 spiro atoms. The second kappa shape index (κ2) is 4.69. The Hall–Kier alpha value is -0.700. The summed E-state index contributed by atoms with van der Waals surface area (Å²) in [6.07, 6.45) is 1.97. The highest BCUT2D eigenvalue weighted by molar-refractivity contribution is 7.91. The monoisotopic (exact) mass is 324 g/mol. The van der Waals surface area contributed by atoms with Gasteiger partial charge in [0.2, 0.25) is 0 Å². The predicted molar refractivity (Wildman–Crippen MR) is 73.1 cm³/mol. The van der Waals surface area contributed by atoms with Crippen molar-refractivity contribution in [3.8, 4) is 0 Å². The molecule has 0 radical (unpaired) electrons. The van der Waals surface area contributed by atoms with Gasteiger partial charge in [-0.1, -0.05) is 11.6 Å². The van der Waals surface area contributed by atoms with Crippen molar-refractivity contribution in [2.24, 2.45) is 5.92 Å². The van der Waals surface area contributed by atoms with Crippen LogP contribution in [-0.2, 0) is 10.0 Å². The number of nitrogens with zero attached hydrogens (tertiary/aromatic N) is 1. The predicted octanol–water partition coefficient (Wildman–Crippen LogP) is 2.78. The number of halogens is 1. The summed E-state index contributed by atoms with van der Waals surface area (Å²) in [4.78, 5) is 9.99. The lowest BCUT2D eigenvalue weighted by atomic mass is 10.0. The second-order valence-electron chi connectivity index (χ2n) is 5.08. The van der Waals surface area contributed by atoms with Crippen molar-refractivity contribution in [1.82, 2.24) is 4.72 Å². The molecule has 0 bridgehead atoms. The zero-order valence-electron chi connectivity index (χ0n) is 10.3. The van der Waals surface area contributed by atoms with E-state index in [-0.39, 0.29) is 14.2 Å². The molecule has 9 heteroatoms. The summed E-state index contributed by atoms with van der Waals surface area (Å²) in [6, 6.07) is 0.998. The van der Waals surface area contributed by atoms with Gasteiger partial charge in [-0.15, -0.1) is 11.3 Å². The molecule has 6 nitrogen and oxygen atoms in total. The Morgan fingerprint density at radius 3 is 2.53 bits per heavy atom. The Labute approximate surface area is 120 Å². The maximum Gasteiger partial charge on any atom is 0.300 e. The number of sulfonamides is 1. The number of hydrogen-bond acceptors (Lipinski definition) is 5. The second-order valence-corrected chi connectivity index (χ2v) is 8.65. The topological polar surface area (TPSA) is 89.3 Å². The zero-order chi connectivity index (χ0) is 14.4. The van der Waals surface area contributed by atoms with Crippen molar-refractivity contribution in [1.29, 1.82) is 0 Å². The van der Waals surface area contributed by atoms with Crippen LogP contribution in [0.2, 0.25) is 4.34 Å². The van der Waals surface area contributed by atoms with Crippen molar-refractivity contribution >= 4 is 38.6 Å². The van der Waals surface area contributed by atoms with Gasteiger partial charge >= 0.3 is 0 Å². The molecule has 1 aliphatic rings. The number of rotatable bonds is 5. The van der Waals surface area contributed by atoms with Crippen molar-refractivity contribution in [3.63, 3.8) is 0 Å². The Bertz CT molecular complexity index is 619. The van der Waals surface area contributed by atoms with E-state index in [1.54, 1.807) is 0 Å². The van der Waals surface area contributed by atoms with Gasteiger partial charge in [0, 0.05) is 11.6 Å². The Morgan fingerprint density at radius 2 is 2.11 bits per heavy atom. The van der Waals surface area contributed by atoms with Gasteiger partial charge in [-0.3, -0.25) is 10.1 Å². The molecule has 1 aromatic heterocycles. The highest BCUT2D eigenvalue weighted by atomic mass is 35.5. The molecule has 0 saturated heterocycles. The summed E-state index contributed by atoms with van der Waals surface area (Å²) < 4.78 is 26.7. The van der Waals surface area contributed by atoms with Crippen LogP contribution in [0.1, 0.15) is 26.7 Å². The van der Waals surface area contributed by atoms with Crippen LogP contribution >= 0.6 is 22.9 Å². The Balaban J connectivity index is 2.29. The molecule has 1 saturated carbocycles. The number of nitrogens with one attached hydrogen (secondary N) is 1. The van der Waals surface area contributed by atoms with Crippen molar-refractivity contribution < 1.29 is 13.3 Å². The third kappa shape index (κ3) is 3.07. The molecule has 0 amide bonds. The summed E-state index contributed by atoms with van der Waals surface area (Å²) >= 11 is 6.37. The SMILES string of the molecule is CC(C)(NS(=O)(=O)c1cc([N+](=O)[O-])c(Cl)s1)C1CC1. The lowest BCUT2D eigenvalue weighted by Gasteiger charge is -2.25. The van der Waals surface area contributed by atoms with Gasteiger partial charge in [0.1, 0.15) is 4.21 Å². The van der Waals surface area contributed by atoms with E-state index in [4.69, 9.17) is 11.6 Å². The van der Waals surface area contributed by atoms with E-state index < -0.39 is 20.5 Å². The first-order valence-electron chi connectivity index (χ1n) is 5.61. The van der Waals surface area contributed by atoms with Gasteiger partial charge in [0.05, 0.1) is 4.92 Å². The highest BCUT2D eigenvalue weighted by Gasteiger charge is 2.41. The van der Waals surface area contributed by atoms with E-state index in [1.807, 2.05) is 13.8 Å². The maximum atomic E-state index is 12.2. The van der Waals surface area contributed by atoms with Crippen LogP contribution in [0.5, 0.6) is 0 Å². The summed E-state index contributed by atoms with van der Waals surface area (Å²) in [6.45, 7) is 3.62. The lowest BCUT2D eigenvalue weighted by molar-refractivity contribution is -0.384. The minimum absolute atomic E-state index is 0.127. The number of nitro groups is 1. The normalized spacial score (nSPS) is 16.6. The first-order valence-corrected chi connectivity index (χ1v) is 8.29. The molecular formula is C10H13ClN2O4S2. The van der Waals surface area contributed by atoms with Crippen LogP contribution in [0, 0.1) is 16.0 Å². The molecule has 0 atom stereocenters. The third-order valence-corrected chi connectivity index (χ3v) is 6.59. The van der Waals surface area contributed by atoms with E-state index in [0.29, 0.717) is 17.3 Å². The molecule has 1 N–H and O–H groups in total. The standard InChI is InChI=1S/C10H13ClN2O4S2/c1-10(2,6-3-4-6)12-19(16,17)8-5-7(13(14)15)9(11)18-8/h5-6,12H,3-4H2,1-2H3. The van der Waals surface area contributed by atoms with Crippen LogP contribution in [0.15, 0.2) is 10.3 Å². The fraction of sp³-hybridized carbons (Fsp3) is 0.600. The first kappa shape index (κ1) is 14.7. The van der Waals surface area contributed by atoms with Crippen molar-refractivity contribution in [3.05, 3.63) is 20.5 Å². The minimum Gasteiger partial charge on any atom is -0.258 e. The molecule has 0 unspecified atom stereocenters. The first-order chi connectivity index (χ1) is 8.63. The zero-order valence-corrected chi connectivity index (χ0v) is 12.7. The molecule has 106 valence electrons. The number of thiophene rings is 1. The van der Waals surface area contributed by atoms with E-state index in [2.05, 4.69) is 4.72 Å². The van der Waals surface area contributed by atoms with Gasteiger partial charge in [-0.25, -0.2) is 13.1 Å². The van der Waals surface area contributed by atoms with E-state index in [1.165, 1.54) is 0 Å².